The average molecular weight is 341 g/mol. The van der Waals surface area contributed by atoms with Crippen LogP contribution in [-0.4, -0.2) is 11.7 Å². The second-order valence-electron chi connectivity index (χ2n) is 4.77. The van der Waals surface area contributed by atoms with Gasteiger partial charge in [-0.15, -0.1) is 0 Å². The van der Waals surface area contributed by atoms with Gasteiger partial charge in [0.1, 0.15) is 11.8 Å². The summed E-state index contributed by atoms with van der Waals surface area (Å²) in [6.45, 7) is 1.97. The number of nitriles is 1. The lowest BCUT2D eigenvalue weighted by molar-refractivity contribution is 0.415. The smallest absolute Gasteiger partial charge is 0.119 e. The molecule has 4 heteroatoms. The Labute approximate surface area is 131 Å². The van der Waals surface area contributed by atoms with Gasteiger partial charge < -0.3 is 9.30 Å². The summed E-state index contributed by atoms with van der Waals surface area (Å²) in [5, 5.41) is 10.4. The molecule has 3 rings (SSSR count). The number of nitrogens with zero attached hydrogens (tertiary/aromatic N) is 2. The maximum Gasteiger partial charge on any atom is 0.119 e. The number of hydrogen-bond donors (Lipinski definition) is 0. The second kappa shape index (κ2) is 5.27. The fourth-order valence-corrected chi connectivity index (χ4v) is 2.94. The lowest BCUT2D eigenvalue weighted by atomic mass is 10.1. The summed E-state index contributed by atoms with van der Waals surface area (Å²) in [4.78, 5) is 0. The van der Waals surface area contributed by atoms with Gasteiger partial charge in [-0.2, -0.15) is 5.26 Å². The largest absolute Gasteiger partial charge is 0.497 e. The maximum absolute atomic E-state index is 9.43. The highest BCUT2D eigenvalue weighted by Crippen LogP contribution is 2.31. The summed E-state index contributed by atoms with van der Waals surface area (Å²) in [7, 11) is 1.65. The van der Waals surface area contributed by atoms with E-state index in [1.54, 1.807) is 7.11 Å². The Balaban J connectivity index is 2.33. The minimum Gasteiger partial charge on any atom is -0.497 e. The van der Waals surface area contributed by atoms with E-state index in [-0.39, 0.29) is 0 Å². The summed E-state index contributed by atoms with van der Waals surface area (Å²) in [6.07, 6.45) is 0. The number of rotatable bonds is 2. The summed E-state index contributed by atoms with van der Waals surface area (Å²) < 4.78 is 8.29. The van der Waals surface area contributed by atoms with Crippen LogP contribution >= 0.6 is 15.9 Å². The molecule has 1 aromatic heterocycles. The third kappa shape index (κ3) is 2.20. The van der Waals surface area contributed by atoms with E-state index in [9.17, 15) is 5.26 Å². The predicted molar refractivity (Wildman–Crippen MR) is 87.0 cm³/mol. The minimum absolute atomic E-state index is 0.716. The number of halogens is 1. The van der Waals surface area contributed by atoms with E-state index < -0.39 is 0 Å². The zero-order valence-electron chi connectivity index (χ0n) is 11.7. The molecule has 0 saturated carbocycles. The Bertz CT molecular complexity index is 857. The van der Waals surface area contributed by atoms with Crippen molar-refractivity contribution in [3.05, 3.63) is 58.2 Å². The van der Waals surface area contributed by atoms with Crippen molar-refractivity contribution in [2.45, 2.75) is 6.92 Å². The molecule has 0 fully saturated rings. The van der Waals surface area contributed by atoms with Crippen LogP contribution in [0.2, 0.25) is 0 Å². The number of fused-ring (bicyclic) bond motifs is 1. The van der Waals surface area contributed by atoms with Gasteiger partial charge in [-0.05, 0) is 43.3 Å². The highest BCUT2D eigenvalue weighted by atomic mass is 79.9. The molecule has 0 aliphatic carbocycles. The number of hydrogen-bond acceptors (Lipinski definition) is 2. The van der Waals surface area contributed by atoms with Crippen LogP contribution in [0.15, 0.2) is 46.9 Å². The van der Waals surface area contributed by atoms with E-state index in [1.807, 2.05) is 49.4 Å². The lowest BCUT2D eigenvalue weighted by Crippen LogP contribution is -1.97. The summed E-state index contributed by atoms with van der Waals surface area (Å²) in [5.74, 6) is 0.814. The molecule has 3 nitrogen and oxygen atoms in total. The first-order valence-electron chi connectivity index (χ1n) is 6.51. The van der Waals surface area contributed by atoms with Crippen molar-refractivity contribution < 1.29 is 4.74 Å². The molecule has 0 radical (unpaired) electrons. The number of ether oxygens (including phenoxy) is 1. The molecule has 0 saturated heterocycles. The van der Waals surface area contributed by atoms with Gasteiger partial charge in [0.15, 0.2) is 0 Å². The molecule has 0 amide bonds. The summed E-state index contributed by atoms with van der Waals surface area (Å²) in [6, 6.07) is 16.1. The van der Waals surface area contributed by atoms with Crippen LogP contribution in [-0.2, 0) is 0 Å². The van der Waals surface area contributed by atoms with Crippen molar-refractivity contribution in [3.63, 3.8) is 0 Å². The van der Waals surface area contributed by atoms with Crippen LogP contribution in [0.25, 0.3) is 16.6 Å². The molecule has 2 aromatic carbocycles. The van der Waals surface area contributed by atoms with E-state index >= 15 is 0 Å². The fraction of sp³-hybridized carbons (Fsp3) is 0.118. The van der Waals surface area contributed by atoms with E-state index in [0.717, 1.165) is 32.5 Å². The van der Waals surface area contributed by atoms with Gasteiger partial charge >= 0.3 is 0 Å². The Kier molecular flexibility index (Phi) is 3.44. The molecule has 21 heavy (non-hydrogen) atoms. The number of benzene rings is 2. The van der Waals surface area contributed by atoms with Crippen LogP contribution < -0.4 is 4.74 Å². The third-order valence-corrected chi connectivity index (χ3v) is 4.10. The third-order valence-electron chi connectivity index (χ3n) is 3.61. The van der Waals surface area contributed by atoms with Gasteiger partial charge in [-0.3, -0.25) is 0 Å². The monoisotopic (exact) mass is 340 g/mol. The first-order valence-corrected chi connectivity index (χ1v) is 7.30. The van der Waals surface area contributed by atoms with Crippen LogP contribution in [0.4, 0.5) is 0 Å². The van der Waals surface area contributed by atoms with Gasteiger partial charge in [-0.25, -0.2) is 0 Å². The topological polar surface area (TPSA) is 38.0 Å². The first-order chi connectivity index (χ1) is 10.2. The molecule has 0 aliphatic rings. The van der Waals surface area contributed by atoms with Crippen LogP contribution in [0.5, 0.6) is 5.75 Å². The summed E-state index contributed by atoms with van der Waals surface area (Å²) >= 11 is 3.50. The highest BCUT2D eigenvalue weighted by molar-refractivity contribution is 9.10. The van der Waals surface area contributed by atoms with E-state index in [1.165, 1.54) is 0 Å². The zero-order valence-corrected chi connectivity index (χ0v) is 13.3. The Morgan fingerprint density at radius 2 is 1.86 bits per heavy atom. The van der Waals surface area contributed by atoms with Gasteiger partial charge in [0.25, 0.3) is 0 Å². The van der Waals surface area contributed by atoms with Crippen LogP contribution in [0.3, 0.4) is 0 Å². The van der Waals surface area contributed by atoms with Crippen LogP contribution in [0.1, 0.15) is 11.3 Å². The molecule has 0 bridgehead atoms. The lowest BCUT2D eigenvalue weighted by Gasteiger charge is -2.09. The van der Waals surface area contributed by atoms with E-state index in [4.69, 9.17) is 4.74 Å². The van der Waals surface area contributed by atoms with Crippen molar-refractivity contribution in [1.82, 2.24) is 4.57 Å². The van der Waals surface area contributed by atoms with Crippen LogP contribution in [0, 0.1) is 18.3 Å². The van der Waals surface area contributed by atoms with Crippen molar-refractivity contribution >= 4 is 26.8 Å². The Morgan fingerprint density at radius 3 is 2.48 bits per heavy atom. The van der Waals surface area contributed by atoms with Gasteiger partial charge in [0, 0.05) is 21.2 Å². The molecular formula is C17H13BrN2O. The minimum atomic E-state index is 0.716. The molecular weight excluding hydrogens is 328 g/mol. The Morgan fingerprint density at radius 1 is 1.14 bits per heavy atom. The molecule has 0 unspecified atom stereocenters. The SMILES string of the molecule is COc1ccc(-n2c(C)c(C#N)c3ccc(Br)cc32)cc1. The van der Waals surface area contributed by atoms with E-state index in [2.05, 4.69) is 26.6 Å². The number of aromatic nitrogens is 1. The van der Waals surface area contributed by atoms with Gasteiger partial charge in [0.05, 0.1) is 18.2 Å². The number of methoxy groups -OCH3 is 1. The zero-order chi connectivity index (χ0) is 15.0. The molecule has 1 heterocycles. The van der Waals surface area contributed by atoms with Crippen molar-refractivity contribution in [3.8, 4) is 17.5 Å². The van der Waals surface area contributed by atoms with E-state index in [0.29, 0.717) is 5.56 Å². The molecule has 0 N–H and O–H groups in total. The molecule has 0 atom stereocenters. The first kappa shape index (κ1) is 13.7. The fourth-order valence-electron chi connectivity index (χ4n) is 2.59. The molecule has 0 aliphatic heterocycles. The second-order valence-corrected chi connectivity index (χ2v) is 5.68. The molecule has 3 aromatic rings. The summed E-state index contributed by atoms with van der Waals surface area (Å²) in [5.41, 5.74) is 3.69. The highest BCUT2D eigenvalue weighted by Gasteiger charge is 2.15. The van der Waals surface area contributed by atoms with Gasteiger partial charge in [-0.1, -0.05) is 22.0 Å². The average Bonchev–Trinajstić information content (AvgIpc) is 2.78. The predicted octanol–water partition coefficient (Wildman–Crippen LogP) is 4.58. The quantitative estimate of drug-likeness (QED) is 0.684. The van der Waals surface area contributed by atoms with Crippen molar-refractivity contribution in [2.75, 3.05) is 7.11 Å². The Hall–Kier alpha value is -2.25. The molecule has 0 spiro atoms. The maximum atomic E-state index is 9.43. The standard InChI is InChI=1S/C17H13BrN2O/c1-11-16(10-19)15-8-3-12(18)9-17(15)20(11)13-4-6-14(21-2)7-5-13/h3-9H,1-2H3. The van der Waals surface area contributed by atoms with Gasteiger partial charge in [0.2, 0.25) is 0 Å². The van der Waals surface area contributed by atoms with Crippen molar-refractivity contribution in [1.29, 1.82) is 5.26 Å². The molecule has 104 valence electrons. The van der Waals surface area contributed by atoms with Crippen molar-refractivity contribution in [2.24, 2.45) is 0 Å². The normalized spacial score (nSPS) is 10.6.